The maximum atomic E-state index is 12.9. The van der Waals surface area contributed by atoms with Crippen molar-refractivity contribution < 1.29 is 9.53 Å². The van der Waals surface area contributed by atoms with Crippen molar-refractivity contribution in [1.29, 1.82) is 0 Å². The van der Waals surface area contributed by atoms with E-state index in [9.17, 15) is 4.79 Å². The minimum atomic E-state index is -0.131. The van der Waals surface area contributed by atoms with Gasteiger partial charge in [-0.25, -0.2) is 9.97 Å². The fourth-order valence-electron chi connectivity index (χ4n) is 4.05. The molecule has 8 nitrogen and oxygen atoms in total. The van der Waals surface area contributed by atoms with Gasteiger partial charge in [0.15, 0.2) is 6.61 Å². The standard InChI is InChI=1S/C25H32N6O2/c1-17-12-22(19-9-5-6-10-20(19)27-17)33-16-25(32)31(4)15-23-28-21(13-24(29-23)30(2)3)18-8-7-11-26-14-18/h5-6,9-10,12-13,18,26H,7-8,11,14-16H2,1-4H3/t18-/m1/s1. The molecule has 0 aliphatic carbocycles. The number of carbonyl (C=O) groups excluding carboxylic acids is 1. The summed E-state index contributed by atoms with van der Waals surface area (Å²) in [5.41, 5.74) is 2.74. The Hall–Kier alpha value is -3.26. The minimum absolute atomic E-state index is 0.0588. The van der Waals surface area contributed by atoms with Crippen molar-refractivity contribution in [2.75, 3.05) is 45.7 Å². The Bertz CT molecular complexity index is 1130. The van der Waals surface area contributed by atoms with Crippen LogP contribution in [0, 0.1) is 6.92 Å². The van der Waals surface area contributed by atoms with Gasteiger partial charge in [-0.1, -0.05) is 12.1 Å². The van der Waals surface area contributed by atoms with Crippen LogP contribution in [0.3, 0.4) is 0 Å². The van der Waals surface area contributed by atoms with Crippen LogP contribution in [0.25, 0.3) is 10.9 Å². The summed E-state index contributed by atoms with van der Waals surface area (Å²) in [6.07, 6.45) is 2.25. The Morgan fingerprint density at radius 1 is 1.15 bits per heavy atom. The van der Waals surface area contributed by atoms with Crippen LogP contribution in [0.5, 0.6) is 5.75 Å². The molecule has 0 saturated carbocycles. The molecular formula is C25H32N6O2. The number of hydrogen-bond acceptors (Lipinski definition) is 7. The lowest BCUT2D eigenvalue weighted by atomic mass is 9.96. The van der Waals surface area contributed by atoms with Crippen LogP contribution in [-0.2, 0) is 11.3 Å². The number of aromatic nitrogens is 3. The number of piperidine rings is 1. The molecule has 0 spiro atoms. The van der Waals surface area contributed by atoms with Crippen LogP contribution < -0.4 is 15.0 Å². The molecule has 1 aliphatic rings. The molecule has 1 aromatic carbocycles. The second kappa shape index (κ2) is 10.1. The van der Waals surface area contributed by atoms with E-state index in [1.54, 1.807) is 11.9 Å². The molecule has 0 radical (unpaired) electrons. The molecule has 2 aromatic heterocycles. The van der Waals surface area contributed by atoms with Crippen molar-refractivity contribution in [3.8, 4) is 5.75 Å². The van der Waals surface area contributed by atoms with Gasteiger partial charge < -0.3 is 19.9 Å². The lowest BCUT2D eigenvalue weighted by Crippen LogP contribution is -2.32. The smallest absolute Gasteiger partial charge is 0.260 e. The molecular weight excluding hydrogens is 416 g/mol. The number of nitrogens with one attached hydrogen (secondary N) is 1. The van der Waals surface area contributed by atoms with Gasteiger partial charge in [-0.2, -0.15) is 0 Å². The number of pyridine rings is 1. The summed E-state index contributed by atoms with van der Waals surface area (Å²) in [5.74, 6) is 2.40. The van der Waals surface area contributed by atoms with Crippen molar-refractivity contribution in [1.82, 2.24) is 25.2 Å². The van der Waals surface area contributed by atoms with Crippen LogP contribution in [-0.4, -0.2) is 66.6 Å². The van der Waals surface area contributed by atoms with Crippen LogP contribution >= 0.6 is 0 Å². The summed E-state index contributed by atoms with van der Waals surface area (Å²) in [7, 11) is 5.70. The van der Waals surface area contributed by atoms with E-state index in [2.05, 4.69) is 21.4 Å². The van der Waals surface area contributed by atoms with Crippen molar-refractivity contribution in [3.63, 3.8) is 0 Å². The summed E-state index contributed by atoms with van der Waals surface area (Å²) in [4.78, 5) is 30.5. The maximum absolute atomic E-state index is 12.9. The first-order valence-electron chi connectivity index (χ1n) is 11.4. The first-order valence-corrected chi connectivity index (χ1v) is 11.4. The average molecular weight is 449 g/mol. The highest BCUT2D eigenvalue weighted by Crippen LogP contribution is 2.26. The van der Waals surface area contributed by atoms with Crippen molar-refractivity contribution >= 4 is 22.6 Å². The van der Waals surface area contributed by atoms with Crippen molar-refractivity contribution in [2.24, 2.45) is 0 Å². The van der Waals surface area contributed by atoms with E-state index in [-0.39, 0.29) is 12.5 Å². The van der Waals surface area contributed by atoms with Crippen LogP contribution in [0.2, 0.25) is 0 Å². The fourth-order valence-corrected chi connectivity index (χ4v) is 4.05. The zero-order chi connectivity index (χ0) is 23.4. The number of nitrogens with zero attached hydrogens (tertiary/aromatic N) is 5. The molecule has 1 N–H and O–H groups in total. The average Bonchev–Trinajstić information content (AvgIpc) is 2.82. The summed E-state index contributed by atoms with van der Waals surface area (Å²) >= 11 is 0. The van der Waals surface area contributed by atoms with E-state index in [1.807, 2.05) is 56.3 Å². The van der Waals surface area contributed by atoms with Crippen LogP contribution in [0.15, 0.2) is 36.4 Å². The summed E-state index contributed by atoms with van der Waals surface area (Å²) < 4.78 is 5.91. The Morgan fingerprint density at radius 2 is 1.97 bits per heavy atom. The number of hydrogen-bond donors (Lipinski definition) is 1. The molecule has 174 valence electrons. The number of aryl methyl sites for hydroxylation is 1. The van der Waals surface area contributed by atoms with Gasteiger partial charge in [0.05, 0.1) is 17.8 Å². The van der Waals surface area contributed by atoms with Crippen LogP contribution in [0.4, 0.5) is 5.82 Å². The highest BCUT2D eigenvalue weighted by Gasteiger charge is 2.20. The number of carbonyl (C=O) groups is 1. The first kappa shape index (κ1) is 22.9. The number of fused-ring (bicyclic) bond motifs is 1. The SMILES string of the molecule is Cc1cc(OCC(=O)N(C)Cc2nc([C@@H]3CCCNC3)cc(N(C)C)n2)c2ccccc2n1. The third kappa shape index (κ3) is 5.57. The highest BCUT2D eigenvalue weighted by molar-refractivity contribution is 5.86. The Balaban J connectivity index is 1.46. The van der Waals surface area contributed by atoms with Gasteiger partial charge in [0.1, 0.15) is 17.4 Å². The molecule has 0 unspecified atom stereocenters. The third-order valence-electron chi connectivity index (χ3n) is 5.91. The van der Waals surface area contributed by atoms with E-state index >= 15 is 0 Å². The highest BCUT2D eigenvalue weighted by atomic mass is 16.5. The zero-order valence-electron chi connectivity index (χ0n) is 19.8. The Kier molecular flexibility index (Phi) is 7.03. The maximum Gasteiger partial charge on any atom is 0.260 e. The lowest BCUT2D eigenvalue weighted by Gasteiger charge is -2.24. The van der Waals surface area contributed by atoms with Crippen LogP contribution in [0.1, 0.15) is 36.0 Å². The lowest BCUT2D eigenvalue weighted by molar-refractivity contribution is -0.132. The van der Waals surface area contributed by atoms with Gasteiger partial charge in [0.25, 0.3) is 5.91 Å². The normalized spacial score (nSPS) is 15.9. The number of anilines is 1. The molecule has 3 heterocycles. The first-order chi connectivity index (χ1) is 15.9. The molecule has 3 aromatic rings. The number of ether oxygens (including phenoxy) is 1. The van der Waals surface area contributed by atoms with Crippen molar-refractivity contribution in [3.05, 3.63) is 53.6 Å². The van der Waals surface area contributed by atoms with Gasteiger partial charge in [-0.3, -0.25) is 9.78 Å². The van der Waals surface area contributed by atoms with E-state index in [1.165, 1.54) is 0 Å². The van der Waals surface area contributed by atoms with Gasteiger partial charge >= 0.3 is 0 Å². The quantitative estimate of drug-likeness (QED) is 0.595. The Morgan fingerprint density at radius 3 is 2.73 bits per heavy atom. The number of likely N-dealkylation sites (N-methyl/N-ethyl adjacent to an activating group) is 1. The van der Waals surface area contributed by atoms with Gasteiger partial charge in [-0.05, 0) is 38.4 Å². The van der Waals surface area contributed by atoms with E-state index < -0.39 is 0 Å². The van der Waals surface area contributed by atoms with E-state index in [0.29, 0.717) is 24.0 Å². The second-order valence-electron chi connectivity index (χ2n) is 8.82. The van der Waals surface area contributed by atoms with Crippen molar-refractivity contribution in [2.45, 2.75) is 32.2 Å². The monoisotopic (exact) mass is 448 g/mol. The predicted octanol–water partition coefficient (Wildman–Crippen LogP) is 2.90. The molecule has 0 bridgehead atoms. The third-order valence-corrected chi connectivity index (χ3v) is 5.91. The fraction of sp³-hybridized carbons (Fsp3) is 0.440. The summed E-state index contributed by atoms with van der Waals surface area (Å²) in [5, 5.41) is 4.34. The molecule has 1 fully saturated rings. The summed E-state index contributed by atoms with van der Waals surface area (Å²) in [6.45, 7) is 4.16. The van der Waals surface area contributed by atoms with Gasteiger partial charge in [0, 0.05) is 56.8 Å². The van der Waals surface area contributed by atoms with E-state index in [4.69, 9.17) is 9.72 Å². The summed E-state index contributed by atoms with van der Waals surface area (Å²) in [6, 6.07) is 11.7. The molecule has 8 heteroatoms. The zero-order valence-corrected chi connectivity index (χ0v) is 19.8. The largest absolute Gasteiger partial charge is 0.483 e. The molecule has 4 rings (SSSR count). The number of amides is 1. The molecule has 1 atom stereocenters. The molecule has 1 amide bonds. The molecule has 1 saturated heterocycles. The molecule has 1 aliphatic heterocycles. The number of benzene rings is 1. The number of para-hydroxylation sites is 1. The Labute approximate surface area is 195 Å². The van der Waals surface area contributed by atoms with Gasteiger partial charge in [-0.15, -0.1) is 0 Å². The van der Waals surface area contributed by atoms with E-state index in [0.717, 1.165) is 54.0 Å². The predicted molar refractivity (Wildman–Crippen MR) is 130 cm³/mol. The topological polar surface area (TPSA) is 83.5 Å². The number of rotatable bonds is 7. The second-order valence-corrected chi connectivity index (χ2v) is 8.82. The molecule has 33 heavy (non-hydrogen) atoms. The van der Waals surface area contributed by atoms with Gasteiger partial charge in [0.2, 0.25) is 0 Å². The minimum Gasteiger partial charge on any atom is -0.483 e.